The van der Waals surface area contributed by atoms with Crippen LogP contribution in [-0.4, -0.2) is 44.3 Å². The smallest absolute Gasteiger partial charge is 0.264 e. The van der Waals surface area contributed by atoms with Gasteiger partial charge in [0.05, 0.1) is 10.6 Å². The van der Waals surface area contributed by atoms with Crippen LogP contribution in [0.4, 0.5) is 10.1 Å². The highest BCUT2D eigenvalue weighted by Gasteiger charge is 2.33. The van der Waals surface area contributed by atoms with Crippen molar-refractivity contribution >= 4 is 27.5 Å². The fourth-order valence-electron chi connectivity index (χ4n) is 4.19. The molecule has 0 aliphatic rings. The summed E-state index contributed by atoms with van der Waals surface area (Å²) in [7, 11) is -4.15. The highest BCUT2D eigenvalue weighted by molar-refractivity contribution is 7.92. The monoisotopic (exact) mass is 553 g/mol. The Balaban J connectivity index is 2.04. The zero-order chi connectivity index (χ0) is 28.7. The Morgan fingerprint density at radius 1 is 0.897 bits per heavy atom. The molecule has 0 fully saturated rings. The van der Waals surface area contributed by atoms with E-state index in [4.69, 9.17) is 0 Å². The first-order chi connectivity index (χ1) is 18.4. The molecule has 0 saturated carbocycles. The number of nitrogens with zero attached hydrogens (tertiary/aromatic N) is 2. The van der Waals surface area contributed by atoms with Crippen LogP contribution in [0.15, 0.2) is 77.7 Å². The second-order valence-corrected chi connectivity index (χ2v) is 12.0. The van der Waals surface area contributed by atoms with Crippen molar-refractivity contribution in [2.45, 2.75) is 52.1 Å². The van der Waals surface area contributed by atoms with E-state index in [2.05, 4.69) is 5.32 Å². The summed E-state index contributed by atoms with van der Waals surface area (Å²) < 4.78 is 43.3. The van der Waals surface area contributed by atoms with E-state index in [-0.39, 0.29) is 22.9 Å². The number of sulfonamides is 1. The Morgan fingerprint density at radius 3 is 2.08 bits per heavy atom. The normalized spacial score (nSPS) is 12.2. The van der Waals surface area contributed by atoms with Crippen molar-refractivity contribution in [3.05, 3.63) is 95.3 Å². The average Bonchev–Trinajstić information content (AvgIpc) is 2.89. The Labute approximate surface area is 230 Å². The van der Waals surface area contributed by atoms with E-state index in [0.29, 0.717) is 12.2 Å². The molecule has 7 nitrogen and oxygen atoms in total. The van der Waals surface area contributed by atoms with Crippen LogP contribution in [0.25, 0.3) is 0 Å². The van der Waals surface area contributed by atoms with E-state index >= 15 is 0 Å². The molecule has 0 saturated heterocycles. The van der Waals surface area contributed by atoms with Gasteiger partial charge in [-0.15, -0.1) is 0 Å². The molecular formula is C30H36FN3O4S. The van der Waals surface area contributed by atoms with Gasteiger partial charge in [0.2, 0.25) is 11.8 Å². The molecule has 208 valence electrons. The predicted molar refractivity (Wildman–Crippen MR) is 151 cm³/mol. The highest BCUT2D eigenvalue weighted by Crippen LogP contribution is 2.26. The number of halogens is 1. The van der Waals surface area contributed by atoms with Gasteiger partial charge in [0.1, 0.15) is 18.4 Å². The number of amides is 2. The summed E-state index contributed by atoms with van der Waals surface area (Å²) in [5.74, 6) is -1.37. The quantitative estimate of drug-likeness (QED) is 0.369. The van der Waals surface area contributed by atoms with Crippen LogP contribution >= 0.6 is 0 Å². The molecule has 1 atom stereocenters. The first-order valence-corrected chi connectivity index (χ1v) is 14.3. The van der Waals surface area contributed by atoms with Gasteiger partial charge in [-0.1, -0.05) is 56.3 Å². The van der Waals surface area contributed by atoms with Crippen molar-refractivity contribution in [1.82, 2.24) is 10.2 Å². The largest absolute Gasteiger partial charge is 0.354 e. The van der Waals surface area contributed by atoms with Gasteiger partial charge in [0.25, 0.3) is 10.0 Å². The lowest BCUT2D eigenvalue weighted by Crippen LogP contribution is -2.51. The van der Waals surface area contributed by atoms with Crippen molar-refractivity contribution < 1.29 is 22.4 Å². The summed E-state index contributed by atoms with van der Waals surface area (Å²) in [6.07, 6.45) is 0. The maximum atomic E-state index is 14.6. The van der Waals surface area contributed by atoms with Crippen LogP contribution in [0.1, 0.15) is 37.5 Å². The lowest BCUT2D eigenvalue weighted by molar-refractivity contribution is -0.139. The molecule has 39 heavy (non-hydrogen) atoms. The fourth-order valence-corrected chi connectivity index (χ4v) is 5.61. The first-order valence-electron chi connectivity index (χ1n) is 12.9. The summed E-state index contributed by atoms with van der Waals surface area (Å²) in [6, 6.07) is 18.2. The molecule has 1 N–H and O–H groups in total. The van der Waals surface area contributed by atoms with E-state index in [1.807, 2.05) is 33.8 Å². The van der Waals surface area contributed by atoms with E-state index in [1.54, 1.807) is 43.3 Å². The highest BCUT2D eigenvalue weighted by atomic mass is 32.2. The summed E-state index contributed by atoms with van der Waals surface area (Å²) in [5.41, 5.74) is 2.20. The molecule has 3 aromatic rings. The molecule has 0 aliphatic heterocycles. The first kappa shape index (κ1) is 29.8. The van der Waals surface area contributed by atoms with Gasteiger partial charge >= 0.3 is 0 Å². The van der Waals surface area contributed by atoms with Gasteiger partial charge in [-0.05, 0) is 68.1 Å². The minimum atomic E-state index is -4.15. The van der Waals surface area contributed by atoms with Crippen LogP contribution in [0, 0.1) is 25.6 Å². The van der Waals surface area contributed by atoms with Crippen molar-refractivity contribution in [3.63, 3.8) is 0 Å². The van der Waals surface area contributed by atoms with Crippen molar-refractivity contribution in [1.29, 1.82) is 0 Å². The molecule has 0 heterocycles. The third-order valence-corrected chi connectivity index (χ3v) is 8.04. The lowest BCUT2D eigenvalue weighted by Gasteiger charge is -2.32. The topological polar surface area (TPSA) is 86.8 Å². The number of rotatable bonds is 11. The number of anilines is 1. The number of hydrogen-bond acceptors (Lipinski definition) is 4. The third-order valence-electron chi connectivity index (χ3n) is 6.25. The fraction of sp³-hybridized carbons (Fsp3) is 0.333. The van der Waals surface area contributed by atoms with Gasteiger partial charge in [-0.2, -0.15) is 0 Å². The minimum Gasteiger partial charge on any atom is -0.354 e. The Morgan fingerprint density at radius 2 is 1.49 bits per heavy atom. The molecule has 0 spiro atoms. The zero-order valence-corrected chi connectivity index (χ0v) is 23.8. The second-order valence-electron chi connectivity index (χ2n) is 10.1. The van der Waals surface area contributed by atoms with Gasteiger partial charge < -0.3 is 10.2 Å². The number of aryl methyl sites for hydroxylation is 2. The summed E-state index contributed by atoms with van der Waals surface area (Å²) in [6.45, 7) is 8.77. The minimum absolute atomic E-state index is 0.0281. The molecule has 3 rings (SSSR count). The van der Waals surface area contributed by atoms with Crippen molar-refractivity contribution in [2.24, 2.45) is 5.92 Å². The average molecular weight is 554 g/mol. The molecule has 0 unspecified atom stereocenters. The van der Waals surface area contributed by atoms with Crippen LogP contribution in [0.5, 0.6) is 0 Å². The zero-order valence-electron chi connectivity index (χ0n) is 23.0. The van der Waals surface area contributed by atoms with Crippen LogP contribution in [0.3, 0.4) is 0 Å². The van der Waals surface area contributed by atoms with E-state index in [1.165, 1.54) is 35.2 Å². The number of carbonyl (C=O) groups is 2. The molecule has 2 amide bonds. The van der Waals surface area contributed by atoms with E-state index in [0.717, 1.165) is 15.4 Å². The van der Waals surface area contributed by atoms with Crippen LogP contribution < -0.4 is 9.62 Å². The molecule has 0 radical (unpaired) electrons. The molecule has 9 heteroatoms. The number of benzene rings is 3. The Kier molecular flexibility index (Phi) is 9.86. The molecule has 0 aliphatic carbocycles. The Bertz CT molecular complexity index is 1390. The number of nitrogens with one attached hydrogen (secondary N) is 1. The van der Waals surface area contributed by atoms with Gasteiger partial charge in [-0.25, -0.2) is 12.8 Å². The van der Waals surface area contributed by atoms with Gasteiger partial charge in [0, 0.05) is 18.7 Å². The summed E-state index contributed by atoms with van der Waals surface area (Å²) >= 11 is 0. The van der Waals surface area contributed by atoms with Crippen LogP contribution in [-0.2, 0) is 26.2 Å². The third kappa shape index (κ3) is 7.66. The van der Waals surface area contributed by atoms with Gasteiger partial charge in [-0.3, -0.25) is 13.9 Å². The molecule has 3 aromatic carbocycles. The number of hydrogen-bond donors (Lipinski definition) is 1. The van der Waals surface area contributed by atoms with Crippen molar-refractivity contribution in [3.8, 4) is 0 Å². The molecule has 0 aromatic heterocycles. The Hall–Kier alpha value is -3.72. The summed E-state index contributed by atoms with van der Waals surface area (Å²) in [4.78, 5) is 28.1. The SMILES string of the molecule is Cc1cc(C)cc(N(CC(=O)N(Cc2ccccc2F)[C@@H](C)C(=O)NCC(C)C)S(=O)(=O)c2ccccc2)c1. The predicted octanol–water partition coefficient (Wildman–Crippen LogP) is 4.83. The lowest BCUT2D eigenvalue weighted by atomic mass is 10.1. The maximum Gasteiger partial charge on any atom is 0.264 e. The molecule has 0 bridgehead atoms. The second kappa shape index (κ2) is 12.9. The molecular weight excluding hydrogens is 517 g/mol. The van der Waals surface area contributed by atoms with E-state index < -0.39 is 40.2 Å². The van der Waals surface area contributed by atoms with E-state index in [9.17, 15) is 22.4 Å². The summed E-state index contributed by atoms with van der Waals surface area (Å²) in [5, 5.41) is 2.82. The maximum absolute atomic E-state index is 14.6. The van der Waals surface area contributed by atoms with Crippen molar-refractivity contribution in [2.75, 3.05) is 17.4 Å². The standard InChI is InChI=1S/C30H36FN3O4S/c1-21(2)18-32-30(36)24(5)33(19-25-11-9-10-14-28(25)31)29(35)20-34(26-16-22(3)15-23(4)17-26)39(37,38)27-12-7-6-8-13-27/h6-17,21,24H,18-20H2,1-5H3,(H,32,36)/t24-/m0/s1. The van der Waals surface area contributed by atoms with Gasteiger partial charge in [0.15, 0.2) is 0 Å². The van der Waals surface area contributed by atoms with Crippen LogP contribution in [0.2, 0.25) is 0 Å². The number of carbonyl (C=O) groups excluding carboxylic acids is 2.